The number of hydrogen-bond donors (Lipinski definition) is 0. The van der Waals surface area contributed by atoms with E-state index >= 15 is 0 Å². The molecule has 0 saturated carbocycles. The van der Waals surface area contributed by atoms with Crippen molar-refractivity contribution in [1.29, 1.82) is 0 Å². The molecule has 0 radical (unpaired) electrons. The van der Waals surface area contributed by atoms with E-state index in [1.807, 2.05) is 29.2 Å². The minimum absolute atomic E-state index is 0.0973. The molecule has 0 atom stereocenters. The van der Waals surface area contributed by atoms with E-state index in [-0.39, 0.29) is 11.3 Å². The number of hydrogen-bond acceptors (Lipinski definition) is 4. The molecule has 28 heavy (non-hydrogen) atoms. The lowest BCUT2D eigenvalue weighted by Gasteiger charge is -2.34. The van der Waals surface area contributed by atoms with E-state index in [9.17, 15) is 4.79 Å². The molecular weight excluding hydrogens is 434 g/mol. The quantitative estimate of drug-likeness (QED) is 0.522. The van der Waals surface area contributed by atoms with Crippen LogP contribution >= 0.6 is 27.3 Å². The molecule has 0 unspecified atom stereocenters. The number of carbonyl (C=O) groups excluding carboxylic acids is 1. The lowest BCUT2D eigenvalue weighted by molar-refractivity contribution is 0.0746. The van der Waals surface area contributed by atoms with Gasteiger partial charge >= 0.3 is 0 Å². The van der Waals surface area contributed by atoms with Crippen molar-refractivity contribution in [1.82, 2.24) is 9.88 Å². The highest BCUT2D eigenvalue weighted by molar-refractivity contribution is 9.10. The second-order valence-electron chi connectivity index (χ2n) is 8.22. The Labute approximate surface area is 178 Å². The first kappa shape index (κ1) is 19.4. The Morgan fingerprint density at radius 2 is 1.71 bits per heavy atom. The van der Waals surface area contributed by atoms with Crippen LogP contribution in [0.2, 0.25) is 0 Å². The normalized spacial score (nSPS) is 15.3. The largest absolute Gasteiger partial charge is 0.345 e. The summed E-state index contributed by atoms with van der Waals surface area (Å²) in [4.78, 5) is 21.9. The summed E-state index contributed by atoms with van der Waals surface area (Å²) in [6.07, 6.45) is 0. The van der Waals surface area contributed by atoms with Crippen LogP contribution in [0.4, 0.5) is 5.13 Å². The van der Waals surface area contributed by atoms with Gasteiger partial charge in [0.25, 0.3) is 5.91 Å². The lowest BCUT2D eigenvalue weighted by atomic mass is 9.86. The number of fused-ring (bicyclic) bond motifs is 1. The van der Waals surface area contributed by atoms with Gasteiger partial charge in [0, 0.05) is 36.2 Å². The molecule has 1 aliphatic rings. The van der Waals surface area contributed by atoms with Crippen LogP contribution in [-0.4, -0.2) is 42.0 Å². The van der Waals surface area contributed by atoms with Crippen LogP contribution in [-0.2, 0) is 5.41 Å². The van der Waals surface area contributed by atoms with E-state index < -0.39 is 0 Å². The molecule has 3 aromatic rings. The molecule has 2 heterocycles. The SMILES string of the molecule is CC(C)(C)c1ccc(C(=O)N2CCN(c3nc4ccc(Br)cc4s3)CC2)cc1. The third-order valence-electron chi connectivity index (χ3n) is 5.17. The van der Waals surface area contributed by atoms with Gasteiger partial charge in [0.15, 0.2) is 5.13 Å². The minimum atomic E-state index is 0.0973. The number of halogens is 1. The highest BCUT2D eigenvalue weighted by atomic mass is 79.9. The fraction of sp³-hybridized carbons (Fsp3) is 0.364. The molecule has 4 nitrogen and oxygen atoms in total. The van der Waals surface area contributed by atoms with Gasteiger partial charge in [-0.2, -0.15) is 0 Å². The molecule has 1 amide bonds. The molecule has 0 aliphatic carbocycles. The van der Waals surface area contributed by atoms with Gasteiger partial charge in [0.1, 0.15) is 0 Å². The van der Waals surface area contributed by atoms with Gasteiger partial charge < -0.3 is 9.80 Å². The molecule has 0 bridgehead atoms. The number of benzene rings is 2. The molecule has 0 spiro atoms. The van der Waals surface area contributed by atoms with Gasteiger partial charge in [-0.1, -0.05) is 60.2 Å². The van der Waals surface area contributed by atoms with Gasteiger partial charge in [-0.25, -0.2) is 4.98 Å². The number of piperazine rings is 1. The van der Waals surface area contributed by atoms with Gasteiger partial charge in [0.05, 0.1) is 10.2 Å². The maximum atomic E-state index is 12.9. The molecule has 1 fully saturated rings. The third kappa shape index (κ3) is 3.94. The molecule has 1 aliphatic heterocycles. The topological polar surface area (TPSA) is 36.4 Å². The molecule has 146 valence electrons. The predicted molar refractivity (Wildman–Crippen MR) is 121 cm³/mol. The van der Waals surface area contributed by atoms with E-state index in [4.69, 9.17) is 4.98 Å². The summed E-state index contributed by atoms with van der Waals surface area (Å²) in [5.41, 5.74) is 3.14. The zero-order valence-corrected chi connectivity index (χ0v) is 18.8. The fourth-order valence-corrected chi connectivity index (χ4v) is 4.99. The highest BCUT2D eigenvalue weighted by Gasteiger charge is 2.24. The van der Waals surface area contributed by atoms with E-state index in [2.05, 4.69) is 59.8 Å². The maximum Gasteiger partial charge on any atom is 0.253 e. The number of rotatable bonds is 2. The van der Waals surface area contributed by atoms with Crippen LogP contribution in [0.15, 0.2) is 46.9 Å². The number of amides is 1. The molecule has 1 saturated heterocycles. The minimum Gasteiger partial charge on any atom is -0.345 e. The number of nitrogens with zero attached hydrogens (tertiary/aromatic N) is 3. The predicted octanol–water partition coefficient (Wildman–Crippen LogP) is 5.32. The van der Waals surface area contributed by atoms with Crippen LogP contribution in [0, 0.1) is 0 Å². The Balaban J connectivity index is 1.42. The van der Waals surface area contributed by atoms with Crippen molar-refractivity contribution in [2.45, 2.75) is 26.2 Å². The van der Waals surface area contributed by atoms with Crippen molar-refractivity contribution in [2.24, 2.45) is 0 Å². The van der Waals surface area contributed by atoms with Crippen LogP contribution < -0.4 is 4.90 Å². The van der Waals surface area contributed by atoms with Crippen molar-refractivity contribution < 1.29 is 4.79 Å². The zero-order chi connectivity index (χ0) is 19.9. The first-order valence-corrected chi connectivity index (χ1v) is 11.1. The second kappa shape index (κ2) is 7.48. The smallest absolute Gasteiger partial charge is 0.253 e. The molecule has 1 aromatic heterocycles. The summed E-state index contributed by atoms with van der Waals surface area (Å²) < 4.78 is 2.25. The average molecular weight is 458 g/mol. The van der Waals surface area contributed by atoms with Gasteiger partial charge in [-0.05, 0) is 41.3 Å². The highest BCUT2D eigenvalue weighted by Crippen LogP contribution is 2.31. The molecular formula is C22H24BrN3OS. The van der Waals surface area contributed by atoms with Crippen molar-refractivity contribution in [2.75, 3.05) is 31.1 Å². The Bertz CT molecular complexity index is 999. The van der Waals surface area contributed by atoms with Gasteiger partial charge in [-0.3, -0.25) is 4.79 Å². The molecule has 4 rings (SSSR count). The monoisotopic (exact) mass is 457 g/mol. The molecule has 2 aromatic carbocycles. The number of anilines is 1. The number of carbonyl (C=O) groups is 1. The van der Waals surface area contributed by atoms with Crippen molar-refractivity contribution in [3.8, 4) is 0 Å². The summed E-state index contributed by atoms with van der Waals surface area (Å²) >= 11 is 5.23. The first-order chi connectivity index (χ1) is 13.3. The van der Waals surface area contributed by atoms with Crippen LogP contribution in [0.3, 0.4) is 0 Å². The Hall–Kier alpha value is -1.92. The Kier molecular flexibility index (Phi) is 5.19. The summed E-state index contributed by atoms with van der Waals surface area (Å²) in [7, 11) is 0. The summed E-state index contributed by atoms with van der Waals surface area (Å²) in [5, 5.41) is 1.04. The summed E-state index contributed by atoms with van der Waals surface area (Å²) in [5.74, 6) is 0.119. The van der Waals surface area contributed by atoms with Crippen LogP contribution in [0.25, 0.3) is 10.2 Å². The van der Waals surface area contributed by atoms with E-state index in [1.165, 1.54) is 10.3 Å². The maximum absolute atomic E-state index is 12.9. The summed E-state index contributed by atoms with van der Waals surface area (Å²) in [6.45, 7) is 9.62. The standard InChI is InChI=1S/C22H24BrN3OS/c1-22(2,3)16-6-4-15(5-7-16)20(27)25-10-12-26(13-11-25)21-24-18-9-8-17(23)14-19(18)28-21/h4-9,14H,10-13H2,1-3H3. The van der Waals surface area contributed by atoms with Gasteiger partial charge in [0.2, 0.25) is 0 Å². The first-order valence-electron chi connectivity index (χ1n) is 9.52. The van der Waals surface area contributed by atoms with E-state index in [0.717, 1.165) is 46.9 Å². The molecule has 6 heteroatoms. The third-order valence-corrected chi connectivity index (χ3v) is 6.75. The number of aromatic nitrogens is 1. The Morgan fingerprint density at radius 1 is 1.04 bits per heavy atom. The summed E-state index contributed by atoms with van der Waals surface area (Å²) in [6, 6.07) is 14.2. The molecule has 0 N–H and O–H groups in total. The van der Waals surface area contributed by atoms with Gasteiger partial charge in [-0.15, -0.1) is 0 Å². The van der Waals surface area contributed by atoms with Crippen molar-refractivity contribution in [3.05, 3.63) is 58.1 Å². The number of thiazole rings is 1. The van der Waals surface area contributed by atoms with Crippen molar-refractivity contribution >= 4 is 48.5 Å². The second-order valence-corrected chi connectivity index (χ2v) is 10.1. The van der Waals surface area contributed by atoms with E-state index in [1.54, 1.807) is 11.3 Å². The average Bonchev–Trinajstić information content (AvgIpc) is 3.10. The Morgan fingerprint density at radius 3 is 2.36 bits per heavy atom. The van der Waals surface area contributed by atoms with Crippen molar-refractivity contribution in [3.63, 3.8) is 0 Å². The van der Waals surface area contributed by atoms with Crippen LogP contribution in [0.1, 0.15) is 36.7 Å². The lowest BCUT2D eigenvalue weighted by Crippen LogP contribution is -2.48. The fourth-order valence-electron chi connectivity index (χ4n) is 3.42. The zero-order valence-electron chi connectivity index (χ0n) is 16.4. The van der Waals surface area contributed by atoms with E-state index in [0.29, 0.717) is 0 Å². The van der Waals surface area contributed by atoms with Crippen LogP contribution in [0.5, 0.6) is 0 Å².